The van der Waals surface area contributed by atoms with Crippen molar-refractivity contribution in [2.45, 2.75) is 6.92 Å². The molecular formula is C3H10N2S. The van der Waals surface area contributed by atoms with E-state index in [0.29, 0.717) is 5.88 Å². The van der Waals surface area contributed by atoms with Crippen LogP contribution >= 0.6 is 11.9 Å². The lowest BCUT2D eigenvalue weighted by atomic mass is 10.8. The van der Waals surface area contributed by atoms with Crippen molar-refractivity contribution in [1.82, 2.24) is 4.72 Å². The first-order valence-electron chi connectivity index (χ1n) is 1.96. The summed E-state index contributed by atoms with van der Waals surface area (Å²) in [5.74, 6) is 0.661. The van der Waals surface area contributed by atoms with Gasteiger partial charge in [0.05, 0.1) is 5.88 Å². The van der Waals surface area contributed by atoms with Crippen molar-refractivity contribution in [3.8, 4) is 0 Å². The number of rotatable bonds is 3. The molecule has 0 amide bonds. The molecule has 0 aliphatic rings. The van der Waals surface area contributed by atoms with Gasteiger partial charge in [-0.25, -0.2) is 0 Å². The molecule has 38 valence electrons. The quantitative estimate of drug-likeness (QED) is 0.306. The molecule has 0 unspecified atom stereocenters. The molecule has 0 aliphatic heterocycles. The predicted octanol–water partition coefficient (Wildman–Crippen LogP) is 0.160. The lowest BCUT2D eigenvalue weighted by Gasteiger charge is -1.91. The maximum Gasteiger partial charge on any atom is 0.0540 e. The van der Waals surface area contributed by atoms with Gasteiger partial charge in [0, 0.05) is 6.54 Å². The second-order valence-electron chi connectivity index (χ2n) is 0.809. The largest absolute Gasteiger partial charge is 0.321 e. The zero-order chi connectivity index (χ0) is 4.83. The van der Waals surface area contributed by atoms with Crippen molar-refractivity contribution in [1.29, 1.82) is 0 Å². The molecule has 3 N–H and O–H groups in total. The average molecular weight is 106 g/mol. The maximum absolute atomic E-state index is 5.12. The number of hydrogen-bond acceptors (Lipinski definition) is 3. The number of nitrogens with one attached hydrogen (secondary N) is 1. The van der Waals surface area contributed by atoms with Gasteiger partial charge in [0.15, 0.2) is 0 Å². The molecule has 0 heterocycles. The van der Waals surface area contributed by atoms with E-state index in [-0.39, 0.29) is 0 Å². The van der Waals surface area contributed by atoms with E-state index in [4.69, 9.17) is 5.73 Å². The topological polar surface area (TPSA) is 38.0 Å². The maximum atomic E-state index is 5.12. The van der Waals surface area contributed by atoms with Gasteiger partial charge in [0.2, 0.25) is 0 Å². The van der Waals surface area contributed by atoms with Gasteiger partial charge in [-0.05, 0) is 0 Å². The number of nitrogens with two attached hydrogens (primary N) is 1. The Morgan fingerprint density at radius 1 is 1.83 bits per heavy atom. The fourth-order valence-corrected chi connectivity index (χ4v) is 0.483. The van der Waals surface area contributed by atoms with Crippen molar-refractivity contribution in [3.63, 3.8) is 0 Å². The van der Waals surface area contributed by atoms with E-state index < -0.39 is 0 Å². The van der Waals surface area contributed by atoms with E-state index in [9.17, 15) is 0 Å². The first-order chi connectivity index (χ1) is 2.91. The Bertz CT molecular complexity index is 20.8. The van der Waals surface area contributed by atoms with E-state index in [1.807, 2.05) is 6.92 Å². The highest BCUT2D eigenvalue weighted by molar-refractivity contribution is 7.97. The van der Waals surface area contributed by atoms with Crippen LogP contribution in [0.2, 0.25) is 0 Å². The van der Waals surface area contributed by atoms with Gasteiger partial charge in [-0.3, -0.25) is 4.72 Å². The third kappa shape index (κ3) is 4.27. The summed E-state index contributed by atoms with van der Waals surface area (Å²) in [7, 11) is 0. The van der Waals surface area contributed by atoms with Crippen molar-refractivity contribution < 1.29 is 0 Å². The van der Waals surface area contributed by atoms with Crippen LogP contribution in [0.25, 0.3) is 0 Å². The molecule has 0 atom stereocenters. The van der Waals surface area contributed by atoms with Crippen molar-refractivity contribution >= 4 is 11.9 Å². The van der Waals surface area contributed by atoms with Gasteiger partial charge in [0.1, 0.15) is 0 Å². The van der Waals surface area contributed by atoms with Crippen molar-refractivity contribution in [2.75, 3.05) is 12.4 Å². The van der Waals surface area contributed by atoms with Crippen LogP contribution in [-0.4, -0.2) is 12.4 Å². The summed E-state index contributed by atoms with van der Waals surface area (Å²) in [6.45, 7) is 3.03. The lowest BCUT2D eigenvalue weighted by Crippen LogP contribution is -2.06. The molecule has 0 aromatic rings. The Hall–Kier alpha value is 0.270. The first kappa shape index (κ1) is 6.27. The minimum Gasteiger partial charge on any atom is -0.321 e. The van der Waals surface area contributed by atoms with Gasteiger partial charge in [-0.15, -0.1) is 0 Å². The minimum atomic E-state index is 0.661. The normalized spacial score (nSPS) is 9.00. The fraction of sp³-hybridized carbons (Fsp3) is 1.00. The SMILES string of the molecule is CCNSCN. The van der Waals surface area contributed by atoms with Crippen molar-refractivity contribution in [2.24, 2.45) is 5.73 Å². The van der Waals surface area contributed by atoms with E-state index >= 15 is 0 Å². The van der Waals surface area contributed by atoms with Gasteiger partial charge in [-0.2, -0.15) is 0 Å². The molecule has 2 nitrogen and oxygen atoms in total. The van der Waals surface area contributed by atoms with Crippen LogP contribution in [0.1, 0.15) is 6.92 Å². The molecule has 3 heteroatoms. The molecule has 0 bridgehead atoms. The summed E-state index contributed by atoms with van der Waals surface area (Å²) in [6.07, 6.45) is 0. The summed E-state index contributed by atoms with van der Waals surface area (Å²) in [6, 6.07) is 0. The summed E-state index contributed by atoms with van der Waals surface area (Å²) in [4.78, 5) is 0. The lowest BCUT2D eigenvalue weighted by molar-refractivity contribution is 1.03. The monoisotopic (exact) mass is 106 g/mol. The van der Waals surface area contributed by atoms with Gasteiger partial charge < -0.3 is 5.73 Å². The van der Waals surface area contributed by atoms with Crippen LogP contribution in [0.3, 0.4) is 0 Å². The van der Waals surface area contributed by atoms with Gasteiger partial charge in [0.25, 0.3) is 0 Å². The molecule has 0 aliphatic carbocycles. The van der Waals surface area contributed by atoms with Crippen LogP contribution in [0.4, 0.5) is 0 Å². The summed E-state index contributed by atoms with van der Waals surface area (Å²) >= 11 is 1.54. The highest BCUT2D eigenvalue weighted by atomic mass is 32.2. The molecular weight excluding hydrogens is 96.1 g/mol. The summed E-state index contributed by atoms with van der Waals surface area (Å²) < 4.78 is 2.99. The van der Waals surface area contributed by atoms with Crippen LogP contribution in [-0.2, 0) is 0 Å². The highest BCUT2D eigenvalue weighted by Crippen LogP contribution is 1.81. The molecule has 0 saturated carbocycles. The molecule has 0 radical (unpaired) electrons. The van der Waals surface area contributed by atoms with E-state index in [2.05, 4.69) is 4.72 Å². The first-order valence-corrected chi connectivity index (χ1v) is 2.95. The third-order valence-corrected chi connectivity index (χ3v) is 0.989. The van der Waals surface area contributed by atoms with Gasteiger partial charge in [-0.1, -0.05) is 18.9 Å². The Labute approximate surface area is 42.6 Å². The summed E-state index contributed by atoms with van der Waals surface area (Å²) in [5.41, 5.74) is 5.12. The van der Waals surface area contributed by atoms with Crippen LogP contribution < -0.4 is 10.5 Å². The van der Waals surface area contributed by atoms with Gasteiger partial charge >= 0.3 is 0 Å². The van der Waals surface area contributed by atoms with E-state index in [1.54, 1.807) is 0 Å². The molecule has 0 saturated heterocycles. The second kappa shape index (κ2) is 5.27. The standard InChI is InChI=1S/C3H10N2S/c1-2-5-6-3-4/h5H,2-4H2,1H3. The van der Waals surface area contributed by atoms with Crippen molar-refractivity contribution in [3.05, 3.63) is 0 Å². The Kier molecular flexibility index (Phi) is 5.51. The molecule has 0 aromatic heterocycles. The predicted molar refractivity (Wildman–Crippen MR) is 30.3 cm³/mol. The average Bonchev–Trinajstić information content (AvgIpc) is 1.61. The second-order valence-corrected chi connectivity index (χ2v) is 1.72. The van der Waals surface area contributed by atoms with E-state index in [1.165, 1.54) is 11.9 Å². The zero-order valence-electron chi connectivity index (χ0n) is 3.90. The smallest absolute Gasteiger partial charge is 0.0540 e. The molecule has 0 aromatic carbocycles. The molecule has 0 spiro atoms. The fourth-order valence-electron chi connectivity index (χ4n) is 0.161. The Morgan fingerprint density at radius 3 is 2.67 bits per heavy atom. The Morgan fingerprint density at radius 2 is 2.50 bits per heavy atom. The highest BCUT2D eigenvalue weighted by Gasteiger charge is 1.71. The zero-order valence-corrected chi connectivity index (χ0v) is 4.72. The minimum absolute atomic E-state index is 0.661. The van der Waals surface area contributed by atoms with Crippen LogP contribution in [0.15, 0.2) is 0 Å². The Balaban J connectivity index is 2.34. The molecule has 0 fully saturated rings. The molecule has 0 rings (SSSR count). The van der Waals surface area contributed by atoms with E-state index in [0.717, 1.165) is 6.54 Å². The summed E-state index contributed by atoms with van der Waals surface area (Å²) in [5, 5.41) is 0. The molecule has 6 heavy (non-hydrogen) atoms. The third-order valence-electron chi connectivity index (χ3n) is 0.330. The van der Waals surface area contributed by atoms with Crippen LogP contribution in [0, 0.1) is 0 Å². The number of hydrogen-bond donors (Lipinski definition) is 2. The van der Waals surface area contributed by atoms with Crippen LogP contribution in [0.5, 0.6) is 0 Å².